The summed E-state index contributed by atoms with van der Waals surface area (Å²) < 4.78 is 31.7. The van der Waals surface area contributed by atoms with Gasteiger partial charge in [0.15, 0.2) is 0 Å². The highest BCUT2D eigenvalue weighted by Crippen LogP contribution is 2.45. The first kappa shape index (κ1) is 23.3. The highest BCUT2D eigenvalue weighted by Gasteiger charge is 2.38. The third-order valence-electron chi connectivity index (χ3n) is 6.94. The SMILES string of the molecule is O=C(C[C@@H]1C[C@@H]2C=C[C@H]1C2)NC1CCCC(c2nc3ccccc3[nH]2)C1.O=C(O)C(F)(F)F. The summed E-state index contributed by atoms with van der Waals surface area (Å²) in [5.41, 5.74) is 2.15. The number of carbonyl (C=O) groups is 2. The van der Waals surface area contributed by atoms with Crippen LogP contribution in [0.25, 0.3) is 11.0 Å². The number of allylic oxidation sites excluding steroid dienone is 2. The summed E-state index contributed by atoms with van der Waals surface area (Å²) in [6.45, 7) is 0. The van der Waals surface area contributed by atoms with E-state index in [0.717, 1.165) is 48.5 Å². The molecule has 3 aliphatic rings. The molecule has 0 aliphatic heterocycles. The standard InChI is InChI=1S/C22H27N3O.C2HF3O2/c26-21(13-17-11-14-8-9-15(17)10-14)23-18-5-3-4-16(12-18)22-24-19-6-1-2-7-20(19)25-22;3-2(4,5)1(6)7/h1-2,6-9,14-18H,3-5,10-13H2,(H,23,26)(H,24,25);(H,6,7)/t14-,15+,16?,17+,18?;/m1./s1. The summed E-state index contributed by atoms with van der Waals surface area (Å²) >= 11 is 0. The third kappa shape index (κ3) is 5.75. The van der Waals surface area contributed by atoms with Crippen LogP contribution in [0.15, 0.2) is 36.4 Å². The van der Waals surface area contributed by atoms with Gasteiger partial charge in [0, 0.05) is 18.4 Å². The predicted octanol–water partition coefficient (Wildman–Crippen LogP) is 4.94. The molecule has 1 aromatic carbocycles. The number of rotatable bonds is 4. The van der Waals surface area contributed by atoms with Gasteiger partial charge in [-0.1, -0.05) is 30.7 Å². The van der Waals surface area contributed by atoms with Crippen molar-refractivity contribution < 1.29 is 27.9 Å². The zero-order valence-corrected chi connectivity index (χ0v) is 18.1. The van der Waals surface area contributed by atoms with E-state index in [4.69, 9.17) is 14.9 Å². The number of halogens is 3. The van der Waals surface area contributed by atoms with Gasteiger partial charge in [0.25, 0.3) is 0 Å². The van der Waals surface area contributed by atoms with Crippen molar-refractivity contribution in [2.24, 2.45) is 17.8 Å². The fourth-order valence-corrected chi connectivity index (χ4v) is 5.39. The Morgan fingerprint density at radius 2 is 1.88 bits per heavy atom. The van der Waals surface area contributed by atoms with Crippen molar-refractivity contribution in [1.29, 1.82) is 0 Å². The molecule has 1 amide bonds. The molecule has 0 radical (unpaired) electrons. The molecular weight excluding hydrogens is 435 g/mol. The second-order valence-electron chi connectivity index (χ2n) is 9.31. The van der Waals surface area contributed by atoms with Crippen molar-refractivity contribution in [2.75, 3.05) is 0 Å². The van der Waals surface area contributed by atoms with Crippen molar-refractivity contribution in [2.45, 2.75) is 63.1 Å². The van der Waals surface area contributed by atoms with E-state index >= 15 is 0 Å². The third-order valence-corrected chi connectivity index (χ3v) is 6.94. The molecule has 6 nitrogen and oxygen atoms in total. The van der Waals surface area contributed by atoms with Crippen molar-refractivity contribution in [3.63, 3.8) is 0 Å². The lowest BCUT2D eigenvalue weighted by atomic mass is 9.84. The van der Waals surface area contributed by atoms with Gasteiger partial charge in [-0.2, -0.15) is 13.2 Å². The van der Waals surface area contributed by atoms with Crippen molar-refractivity contribution in [1.82, 2.24) is 15.3 Å². The molecule has 5 atom stereocenters. The first-order chi connectivity index (χ1) is 15.7. The van der Waals surface area contributed by atoms with Gasteiger partial charge in [-0.3, -0.25) is 4.79 Å². The number of hydrogen-bond acceptors (Lipinski definition) is 3. The first-order valence-corrected chi connectivity index (χ1v) is 11.4. The number of aromatic nitrogens is 2. The summed E-state index contributed by atoms with van der Waals surface area (Å²) in [7, 11) is 0. The topological polar surface area (TPSA) is 95.1 Å². The largest absolute Gasteiger partial charge is 0.490 e. The normalized spacial score (nSPS) is 28.4. The Balaban J connectivity index is 0.000000325. The number of aromatic amines is 1. The number of nitrogens with one attached hydrogen (secondary N) is 2. The lowest BCUT2D eigenvalue weighted by molar-refractivity contribution is -0.192. The maximum Gasteiger partial charge on any atom is 0.490 e. The minimum absolute atomic E-state index is 0.256. The second-order valence-corrected chi connectivity index (χ2v) is 9.31. The zero-order valence-electron chi connectivity index (χ0n) is 18.1. The number of carbonyl (C=O) groups excluding carboxylic acids is 1. The minimum Gasteiger partial charge on any atom is -0.475 e. The Morgan fingerprint density at radius 1 is 1.12 bits per heavy atom. The Kier molecular flexibility index (Phi) is 6.76. The number of imidazole rings is 1. The predicted molar refractivity (Wildman–Crippen MR) is 116 cm³/mol. The number of amides is 1. The van der Waals surface area contributed by atoms with E-state index in [0.29, 0.717) is 30.2 Å². The molecule has 2 aromatic rings. The van der Waals surface area contributed by atoms with Gasteiger partial charge in [0.2, 0.25) is 5.91 Å². The molecule has 0 saturated heterocycles. The lowest BCUT2D eigenvalue weighted by Crippen LogP contribution is -2.39. The number of fused-ring (bicyclic) bond motifs is 3. The lowest BCUT2D eigenvalue weighted by Gasteiger charge is -2.29. The quantitative estimate of drug-likeness (QED) is 0.560. The Morgan fingerprint density at radius 3 is 2.52 bits per heavy atom. The molecule has 0 spiro atoms. The number of carboxylic acids is 1. The number of H-pyrrole nitrogens is 1. The summed E-state index contributed by atoms with van der Waals surface area (Å²) in [5.74, 6) is 0.971. The zero-order chi connectivity index (χ0) is 23.6. The van der Waals surface area contributed by atoms with Crippen LogP contribution in [0.2, 0.25) is 0 Å². The maximum absolute atomic E-state index is 12.6. The number of nitrogens with zero attached hydrogens (tertiary/aromatic N) is 1. The molecule has 1 heterocycles. The summed E-state index contributed by atoms with van der Waals surface area (Å²) in [6, 6.07) is 8.50. The number of carboxylic acid groups (broad SMARTS) is 1. The van der Waals surface area contributed by atoms with Crippen LogP contribution in [-0.2, 0) is 9.59 Å². The van der Waals surface area contributed by atoms with E-state index in [1.54, 1.807) is 0 Å². The second kappa shape index (κ2) is 9.57. The Bertz CT molecular complexity index is 1000. The van der Waals surface area contributed by atoms with Crippen molar-refractivity contribution >= 4 is 22.9 Å². The molecule has 1 aromatic heterocycles. The summed E-state index contributed by atoms with van der Waals surface area (Å²) in [6.07, 6.45) is 7.20. The highest BCUT2D eigenvalue weighted by molar-refractivity contribution is 5.77. The molecule has 9 heteroatoms. The van der Waals surface area contributed by atoms with Crippen LogP contribution >= 0.6 is 0 Å². The van der Waals surface area contributed by atoms with Crippen LogP contribution in [-0.4, -0.2) is 39.2 Å². The minimum atomic E-state index is -5.08. The number of benzene rings is 1. The van der Waals surface area contributed by atoms with Crippen molar-refractivity contribution in [3.8, 4) is 0 Å². The van der Waals surface area contributed by atoms with Crippen LogP contribution < -0.4 is 5.32 Å². The fraction of sp³-hybridized carbons (Fsp3) is 0.542. The summed E-state index contributed by atoms with van der Waals surface area (Å²) in [4.78, 5) is 29.7. The Hall–Kier alpha value is -2.84. The number of para-hydroxylation sites is 2. The molecular formula is C24H28F3N3O3. The Labute approximate surface area is 189 Å². The molecule has 33 heavy (non-hydrogen) atoms. The van der Waals surface area contributed by atoms with E-state index in [2.05, 4.69) is 34.6 Å². The maximum atomic E-state index is 12.6. The number of hydrogen-bond donors (Lipinski definition) is 3. The van der Waals surface area contributed by atoms with Gasteiger partial charge >= 0.3 is 12.1 Å². The van der Waals surface area contributed by atoms with E-state index in [1.165, 1.54) is 12.8 Å². The molecule has 2 fully saturated rings. The van der Waals surface area contributed by atoms with Gasteiger partial charge < -0.3 is 15.4 Å². The van der Waals surface area contributed by atoms with Gasteiger partial charge in [-0.25, -0.2) is 9.78 Å². The molecule has 5 rings (SSSR count). The smallest absolute Gasteiger partial charge is 0.475 e. The molecule has 2 saturated carbocycles. The van der Waals surface area contributed by atoms with Crippen LogP contribution in [0, 0.1) is 17.8 Å². The monoisotopic (exact) mass is 463 g/mol. The molecule has 2 bridgehead atoms. The molecule has 3 N–H and O–H groups in total. The highest BCUT2D eigenvalue weighted by atomic mass is 19.4. The van der Waals surface area contributed by atoms with Crippen LogP contribution in [0.1, 0.15) is 56.7 Å². The number of alkyl halides is 3. The van der Waals surface area contributed by atoms with Gasteiger partial charge in [0.05, 0.1) is 11.0 Å². The summed E-state index contributed by atoms with van der Waals surface area (Å²) in [5, 5.41) is 10.5. The van der Waals surface area contributed by atoms with Crippen molar-refractivity contribution in [3.05, 3.63) is 42.2 Å². The average Bonchev–Trinajstić information content (AvgIpc) is 3.49. The molecule has 178 valence electrons. The first-order valence-electron chi connectivity index (χ1n) is 11.4. The molecule has 3 aliphatic carbocycles. The van der Waals surface area contributed by atoms with Gasteiger partial charge in [-0.15, -0.1) is 0 Å². The molecule has 2 unspecified atom stereocenters. The number of aliphatic carboxylic acids is 1. The van der Waals surface area contributed by atoms with E-state index in [1.807, 2.05) is 12.1 Å². The van der Waals surface area contributed by atoms with E-state index in [-0.39, 0.29) is 5.91 Å². The van der Waals surface area contributed by atoms with Crippen LogP contribution in [0.5, 0.6) is 0 Å². The van der Waals surface area contributed by atoms with Crippen LogP contribution in [0.4, 0.5) is 13.2 Å². The van der Waals surface area contributed by atoms with Crippen LogP contribution in [0.3, 0.4) is 0 Å². The average molecular weight is 464 g/mol. The van der Waals surface area contributed by atoms with Gasteiger partial charge in [-0.05, 0) is 62.0 Å². The van der Waals surface area contributed by atoms with Gasteiger partial charge in [0.1, 0.15) is 5.82 Å². The van der Waals surface area contributed by atoms with E-state index in [9.17, 15) is 18.0 Å². The fourth-order valence-electron chi connectivity index (χ4n) is 5.39. The van der Waals surface area contributed by atoms with E-state index < -0.39 is 12.1 Å².